The fourth-order valence-corrected chi connectivity index (χ4v) is 1.90. The van der Waals surface area contributed by atoms with E-state index in [1.807, 2.05) is 0 Å². The minimum atomic E-state index is -3.42. The van der Waals surface area contributed by atoms with Crippen molar-refractivity contribution in [1.29, 1.82) is 0 Å². The molecule has 0 heterocycles. The SMILES string of the molecule is O=C(O)C1(c2ccc([N+](=O)[O-])c(O)c2)CC1(F)F. The van der Waals surface area contributed by atoms with Gasteiger partial charge < -0.3 is 10.2 Å². The predicted octanol–water partition coefficient (Wildman–Crippen LogP) is 1.66. The largest absolute Gasteiger partial charge is 0.502 e. The first-order valence-corrected chi connectivity index (χ1v) is 4.81. The Labute approximate surface area is 98.6 Å². The highest BCUT2D eigenvalue weighted by Gasteiger charge is 2.77. The molecule has 2 rings (SSSR count). The lowest BCUT2D eigenvalue weighted by Gasteiger charge is -2.11. The molecule has 1 fully saturated rings. The average Bonchev–Trinajstić information content (AvgIpc) is 2.82. The molecule has 0 saturated heterocycles. The Hall–Kier alpha value is -2.25. The Morgan fingerprint density at radius 3 is 2.33 bits per heavy atom. The second-order valence-electron chi connectivity index (χ2n) is 4.05. The minimum Gasteiger partial charge on any atom is -0.502 e. The molecule has 18 heavy (non-hydrogen) atoms. The van der Waals surface area contributed by atoms with Gasteiger partial charge in [-0.3, -0.25) is 14.9 Å². The summed E-state index contributed by atoms with van der Waals surface area (Å²) in [5.74, 6) is -5.97. The molecule has 0 aliphatic heterocycles. The number of alkyl halides is 2. The van der Waals surface area contributed by atoms with Gasteiger partial charge in [0.05, 0.1) is 4.92 Å². The number of nitro benzene ring substituents is 1. The fourth-order valence-electron chi connectivity index (χ4n) is 1.90. The summed E-state index contributed by atoms with van der Waals surface area (Å²) in [4.78, 5) is 20.5. The first kappa shape index (κ1) is 12.2. The van der Waals surface area contributed by atoms with Gasteiger partial charge in [-0.05, 0) is 11.6 Å². The van der Waals surface area contributed by atoms with Crippen LogP contribution in [-0.4, -0.2) is 27.0 Å². The van der Waals surface area contributed by atoms with Gasteiger partial charge in [0.2, 0.25) is 0 Å². The van der Waals surface area contributed by atoms with Crippen molar-refractivity contribution in [1.82, 2.24) is 0 Å². The van der Waals surface area contributed by atoms with Crippen LogP contribution in [0.15, 0.2) is 18.2 Å². The molecule has 0 radical (unpaired) electrons. The quantitative estimate of drug-likeness (QED) is 0.635. The van der Waals surface area contributed by atoms with Crippen LogP contribution < -0.4 is 0 Å². The van der Waals surface area contributed by atoms with Gasteiger partial charge in [0.25, 0.3) is 5.92 Å². The van der Waals surface area contributed by atoms with Gasteiger partial charge in [0.1, 0.15) is 0 Å². The molecule has 1 aromatic rings. The smallest absolute Gasteiger partial charge is 0.320 e. The van der Waals surface area contributed by atoms with E-state index in [2.05, 4.69) is 0 Å². The van der Waals surface area contributed by atoms with Gasteiger partial charge >= 0.3 is 11.7 Å². The predicted molar refractivity (Wildman–Crippen MR) is 53.6 cm³/mol. The summed E-state index contributed by atoms with van der Waals surface area (Å²) in [6.07, 6.45) is -0.882. The van der Waals surface area contributed by atoms with Crippen LogP contribution in [-0.2, 0) is 10.2 Å². The molecule has 1 saturated carbocycles. The van der Waals surface area contributed by atoms with Crippen LogP contribution >= 0.6 is 0 Å². The number of carboxylic acid groups (broad SMARTS) is 1. The number of hydrogen-bond acceptors (Lipinski definition) is 4. The number of aromatic hydroxyl groups is 1. The zero-order valence-corrected chi connectivity index (χ0v) is 8.76. The highest BCUT2D eigenvalue weighted by molar-refractivity contribution is 5.88. The lowest BCUT2D eigenvalue weighted by molar-refractivity contribution is -0.385. The fraction of sp³-hybridized carbons (Fsp3) is 0.300. The molecule has 1 aliphatic rings. The average molecular weight is 259 g/mol. The first-order valence-electron chi connectivity index (χ1n) is 4.81. The van der Waals surface area contributed by atoms with Gasteiger partial charge in [0.15, 0.2) is 11.2 Å². The maximum Gasteiger partial charge on any atom is 0.320 e. The van der Waals surface area contributed by atoms with Crippen LogP contribution in [0.5, 0.6) is 5.75 Å². The van der Waals surface area contributed by atoms with Gasteiger partial charge in [-0.2, -0.15) is 0 Å². The number of nitro groups is 1. The third-order valence-electron chi connectivity index (χ3n) is 3.02. The van der Waals surface area contributed by atoms with E-state index in [0.29, 0.717) is 6.07 Å². The maximum absolute atomic E-state index is 13.2. The molecule has 6 nitrogen and oxygen atoms in total. The number of benzene rings is 1. The van der Waals surface area contributed by atoms with Gasteiger partial charge in [-0.15, -0.1) is 0 Å². The number of carbonyl (C=O) groups is 1. The van der Waals surface area contributed by atoms with Crippen molar-refractivity contribution in [3.8, 4) is 5.75 Å². The van der Waals surface area contributed by atoms with Crippen LogP contribution in [0, 0.1) is 10.1 Å². The van der Waals surface area contributed by atoms with E-state index in [-0.39, 0.29) is 5.56 Å². The Bertz CT molecular complexity index is 559. The molecule has 0 aromatic heterocycles. The van der Waals surface area contributed by atoms with Crippen LogP contribution in [0.1, 0.15) is 12.0 Å². The Balaban J connectivity index is 2.51. The van der Waals surface area contributed by atoms with E-state index < -0.39 is 40.1 Å². The zero-order valence-electron chi connectivity index (χ0n) is 8.76. The molecule has 2 N–H and O–H groups in total. The molecule has 1 aromatic carbocycles. The Kier molecular flexibility index (Phi) is 2.29. The number of aliphatic carboxylic acids is 1. The van der Waals surface area contributed by atoms with Crippen molar-refractivity contribution in [2.75, 3.05) is 0 Å². The molecule has 1 atom stereocenters. The van der Waals surface area contributed by atoms with E-state index in [4.69, 9.17) is 5.11 Å². The molecule has 1 aliphatic carbocycles. The number of rotatable bonds is 3. The maximum atomic E-state index is 13.2. The third-order valence-corrected chi connectivity index (χ3v) is 3.02. The van der Waals surface area contributed by atoms with Crippen LogP contribution in [0.2, 0.25) is 0 Å². The van der Waals surface area contributed by atoms with Crippen molar-refractivity contribution in [3.63, 3.8) is 0 Å². The molecular formula is C10H7F2NO5. The molecule has 8 heteroatoms. The lowest BCUT2D eigenvalue weighted by atomic mass is 9.95. The summed E-state index contributed by atoms with van der Waals surface area (Å²) >= 11 is 0. The summed E-state index contributed by atoms with van der Waals surface area (Å²) in [5.41, 5.74) is -3.40. The van der Waals surface area contributed by atoms with Gasteiger partial charge in [-0.1, -0.05) is 6.07 Å². The molecule has 96 valence electrons. The summed E-state index contributed by atoms with van der Waals surface area (Å²) in [7, 11) is 0. The summed E-state index contributed by atoms with van der Waals surface area (Å²) in [6.45, 7) is 0. The van der Waals surface area contributed by atoms with Crippen LogP contribution in [0.25, 0.3) is 0 Å². The Morgan fingerprint density at radius 2 is 2.00 bits per heavy atom. The molecular weight excluding hydrogens is 252 g/mol. The van der Waals surface area contributed by atoms with Gasteiger partial charge in [0, 0.05) is 12.5 Å². The van der Waals surface area contributed by atoms with E-state index in [0.717, 1.165) is 12.1 Å². The standard InChI is InChI=1S/C10H7F2NO5/c11-10(12)4-9(10,8(15)16)5-1-2-6(13(17)18)7(14)3-5/h1-3,14H,4H2,(H,15,16). The summed E-state index contributed by atoms with van der Waals surface area (Å²) in [6, 6.07) is 2.43. The lowest BCUT2D eigenvalue weighted by Crippen LogP contribution is -2.27. The van der Waals surface area contributed by atoms with Crippen LogP contribution in [0.3, 0.4) is 0 Å². The van der Waals surface area contributed by atoms with Crippen molar-refractivity contribution in [2.45, 2.75) is 17.8 Å². The summed E-state index contributed by atoms with van der Waals surface area (Å²) < 4.78 is 26.4. The van der Waals surface area contributed by atoms with E-state index in [1.54, 1.807) is 0 Å². The summed E-state index contributed by atoms with van der Waals surface area (Å²) in [5, 5.41) is 28.6. The zero-order chi connectivity index (χ0) is 13.7. The van der Waals surface area contributed by atoms with E-state index in [9.17, 15) is 28.8 Å². The monoisotopic (exact) mass is 259 g/mol. The number of carboxylic acids is 1. The number of phenolic OH excluding ortho intramolecular Hbond substituents is 1. The Morgan fingerprint density at radius 1 is 1.44 bits per heavy atom. The van der Waals surface area contributed by atoms with Crippen LogP contribution in [0.4, 0.5) is 14.5 Å². The highest BCUT2D eigenvalue weighted by atomic mass is 19.3. The second-order valence-corrected chi connectivity index (χ2v) is 4.05. The number of nitrogens with zero attached hydrogens (tertiary/aromatic N) is 1. The van der Waals surface area contributed by atoms with E-state index >= 15 is 0 Å². The van der Waals surface area contributed by atoms with Crippen molar-refractivity contribution in [2.24, 2.45) is 0 Å². The molecule has 0 bridgehead atoms. The third kappa shape index (κ3) is 1.41. The topological polar surface area (TPSA) is 101 Å². The van der Waals surface area contributed by atoms with Gasteiger partial charge in [-0.25, -0.2) is 8.78 Å². The first-order chi connectivity index (χ1) is 8.22. The number of phenols is 1. The van der Waals surface area contributed by atoms with Crippen molar-refractivity contribution in [3.05, 3.63) is 33.9 Å². The molecule has 0 spiro atoms. The second kappa shape index (κ2) is 3.37. The number of hydrogen-bond donors (Lipinski definition) is 2. The highest BCUT2D eigenvalue weighted by Crippen LogP contribution is 2.62. The molecule has 0 amide bonds. The van der Waals surface area contributed by atoms with E-state index in [1.165, 1.54) is 0 Å². The minimum absolute atomic E-state index is 0.344. The normalized spacial score (nSPS) is 24.6. The van der Waals surface area contributed by atoms with Crippen molar-refractivity contribution < 1.29 is 28.7 Å². The molecule has 1 unspecified atom stereocenters. The number of halogens is 2. The van der Waals surface area contributed by atoms with Crippen molar-refractivity contribution >= 4 is 11.7 Å².